The highest BCUT2D eigenvalue weighted by Gasteiger charge is 2.12. The molecule has 106 valence electrons. The average Bonchev–Trinajstić information content (AvgIpc) is 2.46. The molecule has 0 fully saturated rings. The summed E-state index contributed by atoms with van der Waals surface area (Å²) < 4.78 is 21.4. The first-order valence-electron chi connectivity index (χ1n) is 6.44. The number of hydrogen-bond donors (Lipinski definition) is 1. The maximum Gasteiger partial charge on any atom is 0.161 e. The van der Waals surface area contributed by atoms with Crippen molar-refractivity contribution < 1.29 is 18.9 Å². The third-order valence-electron chi connectivity index (χ3n) is 2.99. The number of rotatable bonds is 7. The Labute approximate surface area is 113 Å². The molecule has 5 heteroatoms. The van der Waals surface area contributed by atoms with Gasteiger partial charge in [-0.05, 0) is 17.7 Å². The van der Waals surface area contributed by atoms with E-state index in [2.05, 4.69) is 5.32 Å². The van der Waals surface area contributed by atoms with Crippen molar-refractivity contribution in [1.29, 1.82) is 0 Å². The van der Waals surface area contributed by atoms with Gasteiger partial charge in [-0.3, -0.25) is 0 Å². The van der Waals surface area contributed by atoms with Crippen LogP contribution in [0.5, 0.6) is 11.5 Å². The molecule has 0 aromatic heterocycles. The van der Waals surface area contributed by atoms with E-state index in [0.29, 0.717) is 19.8 Å². The summed E-state index contributed by atoms with van der Waals surface area (Å²) in [6, 6.07) is 6.01. The Morgan fingerprint density at radius 1 is 1.21 bits per heavy atom. The quantitative estimate of drug-likeness (QED) is 0.804. The molecule has 1 atom stereocenters. The summed E-state index contributed by atoms with van der Waals surface area (Å²) in [5.74, 6) is 1.65. The number of fused-ring (bicyclic) bond motifs is 1. The molecule has 0 aliphatic carbocycles. The number of ether oxygens (including phenoxy) is 4. The minimum Gasteiger partial charge on any atom is -0.486 e. The average molecular weight is 267 g/mol. The van der Waals surface area contributed by atoms with Crippen molar-refractivity contribution in [3.05, 3.63) is 23.8 Å². The molecule has 0 radical (unpaired) electrons. The van der Waals surface area contributed by atoms with E-state index < -0.39 is 0 Å². The first-order valence-corrected chi connectivity index (χ1v) is 6.44. The van der Waals surface area contributed by atoms with Crippen LogP contribution in [0.15, 0.2) is 18.2 Å². The lowest BCUT2D eigenvalue weighted by Gasteiger charge is -2.19. The van der Waals surface area contributed by atoms with Gasteiger partial charge in [0, 0.05) is 27.3 Å². The number of nitrogens with one attached hydrogen (secondary N) is 1. The summed E-state index contributed by atoms with van der Waals surface area (Å²) in [5, 5.41) is 3.34. The molecule has 1 heterocycles. The van der Waals surface area contributed by atoms with Crippen molar-refractivity contribution >= 4 is 0 Å². The van der Waals surface area contributed by atoms with Gasteiger partial charge in [0.2, 0.25) is 0 Å². The minimum absolute atomic E-state index is 0.0715. The normalized spacial score (nSPS) is 15.3. The second-order valence-electron chi connectivity index (χ2n) is 4.42. The molecular weight excluding hydrogens is 246 g/mol. The van der Waals surface area contributed by atoms with E-state index in [0.717, 1.165) is 30.2 Å². The largest absolute Gasteiger partial charge is 0.486 e. The SMILES string of the molecule is COCC(CNCc1ccc2c(c1)OCCO2)OC. The van der Waals surface area contributed by atoms with Crippen molar-refractivity contribution in [3.63, 3.8) is 0 Å². The molecule has 1 aliphatic heterocycles. The van der Waals surface area contributed by atoms with Crippen molar-refractivity contribution in [1.82, 2.24) is 5.32 Å². The predicted octanol–water partition coefficient (Wildman–Crippen LogP) is 1.21. The van der Waals surface area contributed by atoms with E-state index in [1.54, 1.807) is 14.2 Å². The van der Waals surface area contributed by atoms with Gasteiger partial charge in [-0.2, -0.15) is 0 Å². The third-order valence-corrected chi connectivity index (χ3v) is 2.99. The van der Waals surface area contributed by atoms with Crippen LogP contribution in [0.3, 0.4) is 0 Å². The lowest BCUT2D eigenvalue weighted by atomic mass is 10.2. The van der Waals surface area contributed by atoms with Gasteiger partial charge in [-0.15, -0.1) is 0 Å². The standard InChI is InChI=1S/C14H21NO4/c1-16-10-12(17-2)9-15-8-11-3-4-13-14(7-11)19-6-5-18-13/h3-4,7,12,15H,5-6,8-10H2,1-2H3. The summed E-state index contributed by atoms with van der Waals surface area (Å²) in [5.41, 5.74) is 1.16. The first kappa shape index (κ1) is 14.1. The van der Waals surface area contributed by atoms with Crippen LogP contribution in [0.2, 0.25) is 0 Å². The molecule has 5 nitrogen and oxygen atoms in total. The highest BCUT2D eigenvalue weighted by atomic mass is 16.6. The van der Waals surface area contributed by atoms with Crippen LogP contribution in [-0.4, -0.2) is 46.7 Å². The summed E-state index contributed by atoms with van der Waals surface area (Å²) in [6.07, 6.45) is 0.0715. The Bertz CT molecular complexity index is 397. The van der Waals surface area contributed by atoms with Crippen molar-refractivity contribution in [3.8, 4) is 11.5 Å². The fraction of sp³-hybridized carbons (Fsp3) is 0.571. The summed E-state index contributed by atoms with van der Waals surface area (Å²) in [4.78, 5) is 0. The molecule has 0 spiro atoms. The van der Waals surface area contributed by atoms with E-state index in [1.165, 1.54) is 0 Å². The lowest BCUT2D eigenvalue weighted by Crippen LogP contribution is -2.31. The van der Waals surface area contributed by atoms with Crippen LogP contribution in [-0.2, 0) is 16.0 Å². The number of benzene rings is 1. The Kier molecular flexibility index (Phi) is 5.44. The Hall–Kier alpha value is -1.30. The molecule has 0 saturated heterocycles. The third kappa shape index (κ3) is 4.09. The van der Waals surface area contributed by atoms with E-state index in [1.807, 2.05) is 18.2 Å². The molecule has 1 aromatic rings. The summed E-state index contributed by atoms with van der Waals surface area (Å²) in [7, 11) is 3.36. The molecule has 19 heavy (non-hydrogen) atoms. The van der Waals surface area contributed by atoms with Crippen LogP contribution in [0.4, 0.5) is 0 Å². The van der Waals surface area contributed by atoms with E-state index in [9.17, 15) is 0 Å². The Balaban J connectivity index is 1.82. The second-order valence-corrected chi connectivity index (χ2v) is 4.42. The molecule has 1 N–H and O–H groups in total. The molecular formula is C14H21NO4. The van der Waals surface area contributed by atoms with Gasteiger partial charge >= 0.3 is 0 Å². The van der Waals surface area contributed by atoms with Gasteiger partial charge in [0.05, 0.1) is 12.7 Å². The molecule has 0 saturated carbocycles. The van der Waals surface area contributed by atoms with Crippen LogP contribution < -0.4 is 14.8 Å². The van der Waals surface area contributed by atoms with E-state index in [4.69, 9.17) is 18.9 Å². The zero-order valence-electron chi connectivity index (χ0n) is 11.5. The molecule has 1 unspecified atom stereocenters. The van der Waals surface area contributed by atoms with Crippen molar-refractivity contribution in [2.45, 2.75) is 12.6 Å². The zero-order chi connectivity index (χ0) is 13.5. The highest BCUT2D eigenvalue weighted by molar-refractivity contribution is 5.43. The number of hydrogen-bond acceptors (Lipinski definition) is 5. The summed E-state index contributed by atoms with van der Waals surface area (Å²) >= 11 is 0. The maximum atomic E-state index is 5.55. The van der Waals surface area contributed by atoms with E-state index in [-0.39, 0.29) is 6.10 Å². The highest BCUT2D eigenvalue weighted by Crippen LogP contribution is 2.30. The fourth-order valence-electron chi connectivity index (χ4n) is 1.97. The van der Waals surface area contributed by atoms with Gasteiger partial charge in [0.25, 0.3) is 0 Å². The minimum atomic E-state index is 0.0715. The molecule has 2 rings (SSSR count). The van der Waals surface area contributed by atoms with Crippen LogP contribution in [0, 0.1) is 0 Å². The Morgan fingerprint density at radius 2 is 2.00 bits per heavy atom. The second kappa shape index (κ2) is 7.33. The van der Waals surface area contributed by atoms with Gasteiger partial charge in [0.1, 0.15) is 13.2 Å². The van der Waals surface area contributed by atoms with Crippen molar-refractivity contribution in [2.75, 3.05) is 40.6 Å². The van der Waals surface area contributed by atoms with Gasteiger partial charge in [0.15, 0.2) is 11.5 Å². The van der Waals surface area contributed by atoms with Gasteiger partial charge < -0.3 is 24.3 Å². The van der Waals surface area contributed by atoms with Crippen molar-refractivity contribution in [2.24, 2.45) is 0 Å². The monoisotopic (exact) mass is 267 g/mol. The molecule has 1 aliphatic rings. The van der Waals surface area contributed by atoms with Gasteiger partial charge in [-0.25, -0.2) is 0 Å². The van der Waals surface area contributed by atoms with Crippen LogP contribution in [0.25, 0.3) is 0 Å². The molecule has 1 aromatic carbocycles. The van der Waals surface area contributed by atoms with Crippen LogP contribution >= 0.6 is 0 Å². The fourth-order valence-corrected chi connectivity index (χ4v) is 1.97. The molecule has 0 amide bonds. The Morgan fingerprint density at radius 3 is 2.74 bits per heavy atom. The predicted molar refractivity (Wildman–Crippen MR) is 71.8 cm³/mol. The van der Waals surface area contributed by atoms with Gasteiger partial charge in [-0.1, -0.05) is 6.07 Å². The van der Waals surface area contributed by atoms with Crippen LogP contribution in [0.1, 0.15) is 5.56 Å². The maximum absolute atomic E-state index is 5.55. The molecule has 0 bridgehead atoms. The first-order chi connectivity index (χ1) is 9.33. The van der Waals surface area contributed by atoms with E-state index >= 15 is 0 Å². The number of methoxy groups -OCH3 is 2. The smallest absolute Gasteiger partial charge is 0.161 e. The summed E-state index contributed by atoms with van der Waals surface area (Å²) in [6.45, 7) is 3.34. The topological polar surface area (TPSA) is 49.0 Å². The lowest BCUT2D eigenvalue weighted by molar-refractivity contribution is 0.0288. The zero-order valence-corrected chi connectivity index (χ0v) is 11.5.